The van der Waals surface area contributed by atoms with Gasteiger partial charge in [-0.25, -0.2) is 0 Å². The number of nitrogens with one attached hydrogen (secondary N) is 1. The molecule has 110 valence electrons. The Morgan fingerprint density at radius 3 is 2.75 bits per heavy atom. The molecule has 1 saturated heterocycles. The zero-order valence-electron chi connectivity index (χ0n) is 12.1. The largest absolute Gasteiger partial charge is 0.497 e. The number of carbonyl (C=O) groups excluding carboxylic acids is 1. The van der Waals surface area contributed by atoms with Crippen molar-refractivity contribution in [3.05, 3.63) is 24.3 Å². The van der Waals surface area contributed by atoms with Crippen LogP contribution in [0.25, 0.3) is 0 Å². The van der Waals surface area contributed by atoms with E-state index in [4.69, 9.17) is 4.74 Å². The van der Waals surface area contributed by atoms with Crippen LogP contribution in [0.5, 0.6) is 5.75 Å². The van der Waals surface area contributed by atoms with E-state index in [1.807, 2.05) is 36.1 Å². The molecule has 1 aliphatic rings. The van der Waals surface area contributed by atoms with E-state index in [0.29, 0.717) is 0 Å². The van der Waals surface area contributed by atoms with Crippen LogP contribution in [0.1, 0.15) is 13.3 Å². The summed E-state index contributed by atoms with van der Waals surface area (Å²) < 4.78 is 5.14. The summed E-state index contributed by atoms with van der Waals surface area (Å²) in [6.07, 6.45) is 1.03. The fourth-order valence-electron chi connectivity index (χ4n) is 2.23. The van der Waals surface area contributed by atoms with Crippen LogP contribution in [0, 0.1) is 0 Å². The van der Waals surface area contributed by atoms with Crippen LogP contribution >= 0.6 is 11.8 Å². The Balaban J connectivity index is 1.92. The third-order valence-corrected chi connectivity index (χ3v) is 4.47. The number of rotatable bonds is 4. The smallest absolute Gasteiger partial charge is 0.235 e. The lowest BCUT2D eigenvalue weighted by Crippen LogP contribution is -2.38. The second-order valence-corrected chi connectivity index (χ2v) is 6.28. The predicted molar refractivity (Wildman–Crippen MR) is 82.4 cm³/mol. The number of carbonyl (C=O) groups is 1. The second kappa shape index (κ2) is 7.55. The summed E-state index contributed by atoms with van der Waals surface area (Å²) >= 11 is 1.60. The zero-order chi connectivity index (χ0) is 14.4. The first kappa shape index (κ1) is 15.2. The minimum atomic E-state index is -0.0542. The van der Waals surface area contributed by atoms with E-state index in [-0.39, 0.29) is 11.2 Å². The maximum absolute atomic E-state index is 12.4. The van der Waals surface area contributed by atoms with Crippen molar-refractivity contribution >= 4 is 17.7 Å². The molecule has 0 saturated carbocycles. The molecule has 1 fully saturated rings. The van der Waals surface area contributed by atoms with Crippen molar-refractivity contribution in [3.63, 3.8) is 0 Å². The maximum atomic E-state index is 12.4. The summed E-state index contributed by atoms with van der Waals surface area (Å²) in [4.78, 5) is 15.5. The highest BCUT2D eigenvalue weighted by atomic mass is 32.2. The van der Waals surface area contributed by atoms with Gasteiger partial charge in [0.05, 0.1) is 12.4 Å². The standard InChI is InChI=1S/C15H22N2O2S/c1-12(15(18)17-10-3-8-16-9-11-17)20-14-6-4-13(19-2)5-7-14/h4-7,12,16H,3,8-11H2,1-2H3. The monoisotopic (exact) mass is 294 g/mol. The Morgan fingerprint density at radius 1 is 1.30 bits per heavy atom. The normalized spacial score (nSPS) is 17.4. The van der Waals surface area contributed by atoms with Gasteiger partial charge in [0.25, 0.3) is 0 Å². The number of nitrogens with zero attached hydrogens (tertiary/aromatic N) is 1. The average molecular weight is 294 g/mol. The van der Waals surface area contributed by atoms with E-state index in [2.05, 4.69) is 5.32 Å². The SMILES string of the molecule is COc1ccc(SC(C)C(=O)N2CCCNCC2)cc1. The van der Waals surface area contributed by atoms with Crippen molar-refractivity contribution in [1.82, 2.24) is 10.2 Å². The number of hydrogen-bond donors (Lipinski definition) is 1. The van der Waals surface area contributed by atoms with E-state index < -0.39 is 0 Å². The molecule has 1 aromatic carbocycles. The lowest BCUT2D eigenvalue weighted by Gasteiger charge is -2.23. The van der Waals surface area contributed by atoms with Gasteiger partial charge in [-0.15, -0.1) is 11.8 Å². The number of ether oxygens (including phenoxy) is 1. The first-order valence-corrected chi connectivity index (χ1v) is 7.89. The number of thioether (sulfide) groups is 1. The fourth-order valence-corrected chi connectivity index (χ4v) is 3.18. The molecule has 0 bridgehead atoms. The Morgan fingerprint density at radius 2 is 2.05 bits per heavy atom. The molecule has 1 aromatic rings. The van der Waals surface area contributed by atoms with Gasteiger partial charge in [0.1, 0.15) is 5.75 Å². The highest BCUT2D eigenvalue weighted by Gasteiger charge is 2.22. The summed E-state index contributed by atoms with van der Waals surface area (Å²) in [5.74, 6) is 1.07. The van der Waals surface area contributed by atoms with Crippen LogP contribution in [-0.4, -0.2) is 49.3 Å². The van der Waals surface area contributed by atoms with Gasteiger partial charge < -0.3 is 15.0 Å². The van der Waals surface area contributed by atoms with Crippen LogP contribution in [-0.2, 0) is 4.79 Å². The Hall–Kier alpha value is -1.20. The summed E-state index contributed by atoms with van der Waals surface area (Å²) in [5.41, 5.74) is 0. The summed E-state index contributed by atoms with van der Waals surface area (Å²) in [5, 5.41) is 3.26. The Kier molecular flexibility index (Phi) is 5.73. The van der Waals surface area contributed by atoms with Gasteiger partial charge >= 0.3 is 0 Å². The third kappa shape index (κ3) is 4.15. The molecule has 1 heterocycles. The molecule has 0 aliphatic carbocycles. The number of hydrogen-bond acceptors (Lipinski definition) is 4. The molecule has 1 unspecified atom stereocenters. The number of benzene rings is 1. The van der Waals surface area contributed by atoms with E-state index in [1.54, 1.807) is 18.9 Å². The molecular formula is C15H22N2O2S. The van der Waals surface area contributed by atoms with Crippen LogP contribution in [0.15, 0.2) is 29.2 Å². The molecule has 1 amide bonds. The van der Waals surface area contributed by atoms with Crippen LogP contribution in [0.4, 0.5) is 0 Å². The first-order chi connectivity index (χ1) is 9.70. The van der Waals surface area contributed by atoms with E-state index in [9.17, 15) is 4.79 Å². The molecular weight excluding hydrogens is 272 g/mol. The van der Waals surface area contributed by atoms with Gasteiger partial charge in [-0.2, -0.15) is 0 Å². The zero-order valence-corrected chi connectivity index (χ0v) is 12.9. The summed E-state index contributed by atoms with van der Waals surface area (Å²) in [6, 6.07) is 7.85. The van der Waals surface area contributed by atoms with E-state index in [0.717, 1.165) is 43.2 Å². The third-order valence-electron chi connectivity index (χ3n) is 3.37. The molecule has 20 heavy (non-hydrogen) atoms. The second-order valence-electron chi connectivity index (χ2n) is 4.86. The quantitative estimate of drug-likeness (QED) is 0.863. The van der Waals surface area contributed by atoms with E-state index in [1.165, 1.54) is 0 Å². The highest BCUT2D eigenvalue weighted by molar-refractivity contribution is 8.00. The van der Waals surface area contributed by atoms with Gasteiger partial charge in [-0.1, -0.05) is 0 Å². The van der Waals surface area contributed by atoms with Crippen LogP contribution in [0.2, 0.25) is 0 Å². The first-order valence-electron chi connectivity index (χ1n) is 7.01. The molecule has 2 rings (SSSR count). The highest BCUT2D eigenvalue weighted by Crippen LogP contribution is 2.26. The van der Waals surface area contributed by atoms with Crippen molar-refractivity contribution in [2.45, 2.75) is 23.5 Å². The van der Waals surface area contributed by atoms with E-state index >= 15 is 0 Å². The fraction of sp³-hybridized carbons (Fsp3) is 0.533. The van der Waals surface area contributed by atoms with Crippen molar-refractivity contribution in [1.29, 1.82) is 0 Å². The lowest BCUT2D eigenvalue weighted by molar-refractivity contribution is -0.130. The van der Waals surface area contributed by atoms with Crippen molar-refractivity contribution in [2.24, 2.45) is 0 Å². The predicted octanol–water partition coefficient (Wildman–Crippen LogP) is 2.00. The summed E-state index contributed by atoms with van der Waals surface area (Å²) in [7, 11) is 1.65. The van der Waals surface area contributed by atoms with Gasteiger partial charge in [0.15, 0.2) is 0 Å². The summed E-state index contributed by atoms with van der Waals surface area (Å²) in [6.45, 7) is 5.55. The lowest BCUT2D eigenvalue weighted by atomic mass is 10.3. The molecule has 1 atom stereocenters. The molecule has 5 heteroatoms. The molecule has 0 aromatic heterocycles. The minimum Gasteiger partial charge on any atom is -0.497 e. The van der Waals surface area contributed by atoms with Crippen molar-refractivity contribution in [2.75, 3.05) is 33.3 Å². The van der Waals surface area contributed by atoms with Gasteiger partial charge in [-0.3, -0.25) is 4.79 Å². The number of amides is 1. The minimum absolute atomic E-state index is 0.0542. The van der Waals surface area contributed by atoms with Crippen molar-refractivity contribution < 1.29 is 9.53 Å². The van der Waals surface area contributed by atoms with Crippen molar-refractivity contribution in [3.8, 4) is 5.75 Å². The van der Waals surface area contributed by atoms with Gasteiger partial charge in [0.2, 0.25) is 5.91 Å². The molecule has 0 spiro atoms. The topological polar surface area (TPSA) is 41.6 Å². The molecule has 4 nitrogen and oxygen atoms in total. The van der Waals surface area contributed by atoms with Gasteiger partial charge in [0, 0.05) is 24.5 Å². The maximum Gasteiger partial charge on any atom is 0.235 e. The molecule has 1 aliphatic heterocycles. The van der Waals surface area contributed by atoms with Crippen LogP contribution in [0.3, 0.4) is 0 Å². The molecule has 1 N–H and O–H groups in total. The number of methoxy groups -OCH3 is 1. The Labute approximate surface area is 124 Å². The van der Waals surface area contributed by atoms with Gasteiger partial charge in [-0.05, 0) is 44.2 Å². The van der Waals surface area contributed by atoms with Crippen LogP contribution < -0.4 is 10.1 Å². The Bertz CT molecular complexity index is 428. The molecule has 0 radical (unpaired) electrons. The average Bonchev–Trinajstić information content (AvgIpc) is 2.76.